The molecule has 1 aromatic carbocycles. The monoisotopic (exact) mass is 356 g/mol. The fourth-order valence-corrected chi connectivity index (χ4v) is 4.87. The number of fused-ring (bicyclic) bond motifs is 2. The fraction of sp³-hybridized carbons (Fsp3) is 0.474. The molecule has 0 aliphatic carbocycles. The summed E-state index contributed by atoms with van der Waals surface area (Å²) in [5.74, 6) is 0.153. The van der Waals surface area contributed by atoms with Gasteiger partial charge in [-0.3, -0.25) is 9.69 Å². The maximum atomic E-state index is 13.0. The van der Waals surface area contributed by atoms with Crippen molar-refractivity contribution in [1.29, 1.82) is 0 Å². The first-order chi connectivity index (χ1) is 12.2. The molecule has 1 spiro atoms. The molecule has 1 saturated heterocycles. The second-order valence-corrected chi connectivity index (χ2v) is 7.77. The normalized spacial score (nSPS) is 19.8. The van der Waals surface area contributed by atoms with Crippen LogP contribution in [-0.4, -0.2) is 58.6 Å². The van der Waals surface area contributed by atoms with Crippen molar-refractivity contribution in [2.45, 2.75) is 29.7 Å². The predicted octanol–water partition coefficient (Wildman–Crippen LogP) is 2.75. The predicted molar refractivity (Wildman–Crippen MR) is 100.0 cm³/mol. The molecule has 0 atom stereocenters. The number of aromatic nitrogens is 2. The Morgan fingerprint density at radius 1 is 1.24 bits per heavy atom. The number of thioether (sulfide) groups is 1. The number of hydrogen-bond donors (Lipinski definition) is 1. The Hall–Kier alpha value is -1.79. The third-order valence-corrected chi connectivity index (χ3v) is 6.60. The van der Waals surface area contributed by atoms with Gasteiger partial charge in [0.05, 0.1) is 23.1 Å². The van der Waals surface area contributed by atoms with Crippen LogP contribution in [0.2, 0.25) is 0 Å². The molecule has 6 heteroatoms. The Kier molecular flexibility index (Phi) is 4.33. The molecule has 25 heavy (non-hydrogen) atoms. The summed E-state index contributed by atoms with van der Waals surface area (Å²) < 4.78 is 0. The Balaban J connectivity index is 1.55. The fourth-order valence-electron chi connectivity index (χ4n) is 4.28. The highest BCUT2D eigenvalue weighted by molar-refractivity contribution is 7.98. The molecule has 0 radical (unpaired) electrons. The molecule has 132 valence electrons. The summed E-state index contributed by atoms with van der Waals surface area (Å²) in [6.07, 6.45) is 6.74. The number of carbonyl (C=O) groups excluding carboxylic acids is 1. The third-order valence-electron chi connectivity index (χ3n) is 5.80. The Labute approximate surface area is 152 Å². The van der Waals surface area contributed by atoms with Crippen LogP contribution in [0.1, 0.15) is 34.6 Å². The van der Waals surface area contributed by atoms with E-state index in [0.717, 1.165) is 49.4 Å². The number of likely N-dealkylation sites (tertiary alicyclic amines) is 1. The summed E-state index contributed by atoms with van der Waals surface area (Å²) in [6.45, 7) is 2.59. The first kappa shape index (κ1) is 16.7. The van der Waals surface area contributed by atoms with Gasteiger partial charge in [-0.2, -0.15) is 0 Å². The van der Waals surface area contributed by atoms with Crippen LogP contribution in [0.5, 0.6) is 0 Å². The first-order valence-electron chi connectivity index (χ1n) is 8.82. The zero-order chi connectivity index (χ0) is 17.4. The molecule has 2 aliphatic rings. The lowest BCUT2D eigenvalue weighted by Crippen LogP contribution is -2.55. The standard InChI is InChI=1S/C19H24N4OS/c1-22-10-7-15-17(21-13-20-15)19(22)8-11-23(12-9-19)18(24)14-5-3-4-6-16(14)25-2/h3-6,13H,7-12H2,1-2H3,(H,20,21). The number of nitrogens with one attached hydrogen (secondary N) is 1. The van der Waals surface area contributed by atoms with Crippen LogP contribution < -0.4 is 0 Å². The van der Waals surface area contributed by atoms with E-state index >= 15 is 0 Å². The number of amides is 1. The molecule has 3 heterocycles. The van der Waals surface area contributed by atoms with Crippen molar-refractivity contribution in [3.8, 4) is 0 Å². The van der Waals surface area contributed by atoms with Gasteiger partial charge in [0.15, 0.2) is 0 Å². The second-order valence-electron chi connectivity index (χ2n) is 6.93. The van der Waals surface area contributed by atoms with E-state index in [2.05, 4.69) is 21.9 Å². The van der Waals surface area contributed by atoms with Gasteiger partial charge in [0.1, 0.15) is 0 Å². The zero-order valence-corrected chi connectivity index (χ0v) is 15.6. The number of piperidine rings is 1. The van der Waals surface area contributed by atoms with Gasteiger partial charge in [0.2, 0.25) is 0 Å². The minimum Gasteiger partial charge on any atom is -0.348 e. The van der Waals surface area contributed by atoms with Crippen molar-refractivity contribution < 1.29 is 4.79 Å². The van der Waals surface area contributed by atoms with Crippen molar-refractivity contribution in [3.63, 3.8) is 0 Å². The number of imidazole rings is 1. The van der Waals surface area contributed by atoms with Crippen LogP contribution in [0.3, 0.4) is 0 Å². The molecule has 4 rings (SSSR count). The number of aromatic amines is 1. The highest BCUT2D eigenvalue weighted by Gasteiger charge is 2.45. The van der Waals surface area contributed by atoms with E-state index in [0.29, 0.717) is 0 Å². The number of benzene rings is 1. The Morgan fingerprint density at radius 2 is 2.00 bits per heavy atom. The van der Waals surface area contributed by atoms with E-state index in [-0.39, 0.29) is 11.4 Å². The average molecular weight is 356 g/mol. The van der Waals surface area contributed by atoms with Gasteiger partial charge in [0.25, 0.3) is 5.91 Å². The van der Waals surface area contributed by atoms with E-state index < -0.39 is 0 Å². The molecule has 0 bridgehead atoms. The van der Waals surface area contributed by atoms with Gasteiger partial charge in [-0.15, -0.1) is 11.8 Å². The van der Waals surface area contributed by atoms with E-state index in [4.69, 9.17) is 0 Å². The smallest absolute Gasteiger partial charge is 0.254 e. The number of carbonyl (C=O) groups is 1. The molecule has 1 fully saturated rings. The van der Waals surface area contributed by atoms with Crippen LogP contribution in [-0.2, 0) is 12.0 Å². The van der Waals surface area contributed by atoms with E-state index in [1.54, 1.807) is 11.8 Å². The quantitative estimate of drug-likeness (QED) is 0.841. The molecule has 1 aromatic heterocycles. The second kappa shape index (κ2) is 6.50. The lowest BCUT2D eigenvalue weighted by atomic mass is 9.79. The number of H-pyrrole nitrogens is 1. The molecule has 0 saturated carbocycles. The van der Waals surface area contributed by atoms with Gasteiger partial charge in [-0.05, 0) is 38.3 Å². The Morgan fingerprint density at radius 3 is 2.76 bits per heavy atom. The molecule has 1 amide bonds. The van der Waals surface area contributed by atoms with Gasteiger partial charge in [-0.25, -0.2) is 4.98 Å². The van der Waals surface area contributed by atoms with E-state index in [9.17, 15) is 4.79 Å². The lowest BCUT2D eigenvalue weighted by Gasteiger charge is -2.49. The summed E-state index contributed by atoms with van der Waals surface area (Å²) in [4.78, 5) is 26.4. The molecular formula is C19H24N4OS. The third kappa shape index (κ3) is 2.68. The van der Waals surface area contributed by atoms with Crippen LogP contribution >= 0.6 is 11.8 Å². The van der Waals surface area contributed by atoms with Crippen LogP contribution in [0.25, 0.3) is 0 Å². The maximum Gasteiger partial charge on any atom is 0.254 e. The minimum absolute atomic E-state index is 0.0244. The van der Waals surface area contributed by atoms with Crippen molar-refractivity contribution in [2.75, 3.05) is 32.9 Å². The molecule has 0 unspecified atom stereocenters. The highest BCUT2D eigenvalue weighted by Crippen LogP contribution is 2.41. The van der Waals surface area contributed by atoms with Crippen LogP contribution in [0.4, 0.5) is 0 Å². The topological polar surface area (TPSA) is 52.2 Å². The van der Waals surface area contributed by atoms with Gasteiger partial charge >= 0.3 is 0 Å². The molecule has 5 nitrogen and oxygen atoms in total. The first-order valence-corrected chi connectivity index (χ1v) is 10.0. The van der Waals surface area contributed by atoms with E-state index in [1.807, 2.05) is 41.7 Å². The van der Waals surface area contributed by atoms with Crippen LogP contribution in [0.15, 0.2) is 35.5 Å². The summed E-state index contributed by atoms with van der Waals surface area (Å²) in [5.41, 5.74) is 3.26. The molecule has 2 aromatic rings. The molecular weight excluding hydrogens is 332 g/mol. The number of rotatable bonds is 2. The summed E-state index contributed by atoms with van der Waals surface area (Å²) in [5, 5.41) is 0. The Bertz CT molecular complexity index is 779. The molecule has 2 aliphatic heterocycles. The van der Waals surface area contributed by atoms with Crippen molar-refractivity contribution >= 4 is 17.7 Å². The van der Waals surface area contributed by atoms with Gasteiger partial charge in [0, 0.05) is 36.6 Å². The van der Waals surface area contributed by atoms with Crippen molar-refractivity contribution in [2.24, 2.45) is 0 Å². The van der Waals surface area contributed by atoms with E-state index in [1.165, 1.54) is 11.4 Å². The van der Waals surface area contributed by atoms with Gasteiger partial charge in [-0.1, -0.05) is 12.1 Å². The maximum absolute atomic E-state index is 13.0. The number of likely N-dealkylation sites (N-methyl/N-ethyl adjacent to an activating group) is 1. The number of hydrogen-bond acceptors (Lipinski definition) is 4. The van der Waals surface area contributed by atoms with Crippen molar-refractivity contribution in [3.05, 3.63) is 47.5 Å². The minimum atomic E-state index is -0.0244. The largest absolute Gasteiger partial charge is 0.348 e. The molecule has 1 N–H and O–H groups in total. The van der Waals surface area contributed by atoms with Gasteiger partial charge < -0.3 is 9.88 Å². The lowest BCUT2D eigenvalue weighted by molar-refractivity contribution is 0.0224. The average Bonchev–Trinajstić information content (AvgIpc) is 3.15. The van der Waals surface area contributed by atoms with Crippen LogP contribution in [0, 0.1) is 0 Å². The summed E-state index contributed by atoms with van der Waals surface area (Å²) >= 11 is 1.63. The summed E-state index contributed by atoms with van der Waals surface area (Å²) in [6, 6.07) is 7.90. The number of nitrogens with zero attached hydrogens (tertiary/aromatic N) is 3. The summed E-state index contributed by atoms with van der Waals surface area (Å²) in [7, 11) is 2.19. The SMILES string of the molecule is CSc1ccccc1C(=O)N1CCC2(CC1)c1nc[nH]c1CCN2C. The van der Waals surface area contributed by atoms with Crippen molar-refractivity contribution in [1.82, 2.24) is 19.8 Å². The zero-order valence-electron chi connectivity index (χ0n) is 14.8. The highest BCUT2D eigenvalue weighted by atomic mass is 32.2.